The molecular formula is C11H13N3O6. The van der Waals surface area contributed by atoms with Gasteiger partial charge in [0.25, 0.3) is 5.69 Å². The molecule has 0 aromatic heterocycles. The van der Waals surface area contributed by atoms with Gasteiger partial charge in [-0.2, -0.15) is 0 Å². The van der Waals surface area contributed by atoms with Gasteiger partial charge in [-0.1, -0.05) is 6.07 Å². The van der Waals surface area contributed by atoms with Gasteiger partial charge < -0.3 is 20.8 Å². The molecule has 9 nitrogen and oxygen atoms in total. The third-order valence-electron chi connectivity index (χ3n) is 2.35. The highest BCUT2D eigenvalue weighted by atomic mass is 16.6. The molecule has 0 aliphatic rings. The topological polar surface area (TPSA) is 142 Å². The number of nitro benzene ring substituents is 1. The van der Waals surface area contributed by atoms with E-state index in [0.29, 0.717) is 0 Å². The Bertz CT molecular complexity index is 531. The number of rotatable bonds is 5. The predicted molar refractivity (Wildman–Crippen MR) is 68.4 cm³/mol. The minimum atomic E-state index is -1.48. The molecule has 1 aromatic rings. The largest absolute Gasteiger partial charge is 0.480 e. The van der Waals surface area contributed by atoms with Crippen LogP contribution >= 0.6 is 0 Å². The van der Waals surface area contributed by atoms with E-state index >= 15 is 0 Å². The van der Waals surface area contributed by atoms with Crippen molar-refractivity contribution in [2.45, 2.75) is 19.1 Å². The average molecular weight is 283 g/mol. The summed E-state index contributed by atoms with van der Waals surface area (Å²) in [5.41, 5.74) is -0.0838. The van der Waals surface area contributed by atoms with E-state index in [-0.39, 0.29) is 11.4 Å². The number of carbonyl (C=O) groups is 2. The van der Waals surface area contributed by atoms with Crippen molar-refractivity contribution >= 4 is 23.4 Å². The zero-order chi connectivity index (χ0) is 15.3. The van der Waals surface area contributed by atoms with Crippen LogP contribution in [0.2, 0.25) is 0 Å². The molecule has 0 saturated carbocycles. The standard InChI is InChI=1S/C11H13N3O6/c1-6(15)9(10(16)17)13-11(18)12-7-3-2-4-8(5-7)14(19)20/h2-6,9,15H,1H3,(H,16,17)(H2,12,13,18)/t6-,9+/m1/s1. The number of aliphatic hydroxyl groups is 1. The molecule has 9 heteroatoms. The van der Waals surface area contributed by atoms with Gasteiger partial charge in [-0.15, -0.1) is 0 Å². The number of urea groups is 1. The molecule has 1 rings (SSSR count). The van der Waals surface area contributed by atoms with E-state index in [1.165, 1.54) is 25.1 Å². The highest BCUT2D eigenvalue weighted by Gasteiger charge is 2.25. The molecule has 4 N–H and O–H groups in total. The smallest absolute Gasteiger partial charge is 0.328 e. The van der Waals surface area contributed by atoms with E-state index in [0.717, 1.165) is 6.07 Å². The quantitative estimate of drug-likeness (QED) is 0.459. The highest BCUT2D eigenvalue weighted by Crippen LogP contribution is 2.16. The second kappa shape index (κ2) is 6.48. The van der Waals surface area contributed by atoms with Gasteiger partial charge in [0.15, 0.2) is 6.04 Å². The van der Waals surface area contributed by atoms with Crippen LogP contribution in [0.1, 0.15) is 6.92 Å². The number of hydrogen-bond acceptors (Lipinski definition) is 5. The van der Waals surface area contributed by atoms with E-state index in [4.69, 9.17) is 5.11 Å². The summed E-state index contributed by atoms with van der Waals surface area (Å²) in [5, 5.41) is 32.8. The molecule has 1 aromatic carbocycles. The van der Waals surface area contributed by atoms with Crippen molar-refractivity contribution in [3.05, 3.63) is 34.4 Å². The number of non-ortho nitro benzene ring substituents is 1. The van der Waals surface area contributed by atoms with Gasteiger partial charge in [0, 0.05) is 17.8 Å². The molecule has 0 aliphatic heterocycles. The summed E-state index contributed by atoms with van der Waals surface area (Å²) in [6, 6.07) is 2.78. The molecule has 0 aliphatic carbocycles. The molecular weight excluding hydrogens is 270 g/mol. The zero-order valence-electron chi connectivity index (χ0n) is 10.4. The van der Waals surface area contributed by atoms with Crippen molar-refractivity contribution in [2.75, 3.05) is 5.32 Å². The lowest BCUT2D eigenvalue weighted by Gasteiger charge is -2.17. The average Bonchev–Trinajstić information content (AvgIpc) is 2.35. The number of nitrogens with zero attached hydrogens (tertiary/aromatic N) is 1. The number of carboxylic acids is 1. The fourth-order valence-corrected chi connectivity index (χ4v) is 1.39. The number of nitro groups is 1. The van der Waals surface area contributed by atoms with E-state index < -0.39 is 29.1 Å². The number of amides is 2. The minimum absolute atomic E-state index is 0.131. The first kappa shape index (κ1) is 15.4. The maximum atomic E-state index is 11.5. The third-order valence-corrected chi connectivity index (χ3v) is 2.35. The first-order valence-electron chi connectivity index (χ1n) is 5.54. The van der Waals surface area contributed by atoms with Crippen LogP contribution in [0.4, 0.5) is 16.2 Å². The Kier molecular flexibility index (Phi) is 4.98. The Balaban J connectivity index is 2.73. The summed E-state index contributed by atoms with van der Waals surface area (Å²) < 4.78 is 0. The normalized spacial score (nSPS) is 13.1. The summed E-state index contributed by atoms with van der Waals surface area (Å²) in [5.74, 6) is -1.39. The van der Waals surface area contributed by atoms with Gasteiger partial charge in [-0.3, -0.25) is 10.1 Å². The molecule has 0 bridgehead atoms. The maximum absolute atomic E-state index is 11.5. The fraction of sp³-hybridized carbons (Fsp3) is 0.273. The minimum Gasteiger partial charge on any atom is -0.480 e. The highest BCUT2D eigenvalue weighted by molar-refractivity contribution is 5.92. The van der Waals surface area contributed by atoms with Gasteiger partial charge in [0.2, 0.25) is 0 Å². The van der Waals surface area contributed by atoms with Crippen LogP contribution in [0.15, 0.2) is 24.3 Å². The molecule has 2 atom stereocenters. The van der Waals surface area contributed by atoms with Crippen LogP contribution in [-0.4, -0.2) is 39.3 Å². The van der Waals surface area contributed by atoms with E-state index in [2.05, 4.69) is 5.32 Å². The van der Waals surface area contributed by atoms with Gasteiger partial charge in [0.05, 0.1) is 11.0 Å². The molecule has 108 valence electrons. The van der Waals surface area contributed by atoms with E-state index in [9.17, 15) is 24.8 Å². The van der Waals surface area contributed by atoms with E-state index in [1.807, 2.05) is 5.32 Å². The number of carboxylic acid groups (broad SMARTS) is 1. The third kappa shape index (κ3) is 4.21. The number of aliphatic hydroxyl groups excluding tert-OH is 1. The van der Waals surface area contributed by atoms with Crippen molar-refractivity contribution in [2.24, 2.45) is 0 Å². The number of nitrogens with one attached hydrogen (secondary N) is 2. The van der Waals surface area contributed by atoms with Crippen LogP contribution in [0.5, 0.6) is 0 Å². The lowest BCUT2D eigenvalue weighted by molar-refractivity contribution is -0.384. The van der Waals surface area contributed by atoms with Gasteiger partial charge in [-0.05, 0) is 13.0 Å². The number of anilines is 1. The molecule has 2 amide bonds. The lowest BCUT2D eigenvalue weighted by atomic mass is 10.2. The van der Waals surface area contributed by atoms with Crippen LogP contribution in [0.3, 0.4) is 0 Å². The van der Waals surface area contributed by atoms with Crippen LogP contribution in [0.25, 0.3) is 0 Å². The predicted octanol–water partition coefficient (Wildman–Crippen LogP) is 0.550. The molecule has 0 saturated heterocycles. The Labute approximate surface area is 113 Å². The Morgan fingerprint density at radius 2 is 2.05 bits per heavy atom. The van der Waals surface area contributed by atoms with Gasteiger partial charge >= 0.3 is 12.0 Å². The van der Waals surface area contributed by atoms with Gasteiger partial charge in [-0.25, -0.2) is 9.59 Å². The number of aliphatic carboxylic acids is 1. The summed E-state index contributed by atoms with van der Waals surface area (Å²) in [7, 11) is 0. The summed E-state index contributed by atoms with van der Waals surface area (Å²) in [4.78, 5) is 32.3. The van der Waals surface area contributed by atoms with Crippen molar-refractivity contribution in [1.82, 2.24) is 5.32 Å². The number of hydrogen-bond donors (Lipinski definition) is 4. The molecule has 20 heavy (non-hydrogen) atoms. The first-order chi connectivity index (χ1) is 9.31. The van der Waals surface area contributed by atoms with Crippen molar-refractivity contribution in [3.8, 4) is 0 Å². The zero-order valence-corrected chi connectivity index (χ0v) is 10.4. The molecule has 0 fully saturated rings. The Morgan fingerprint density at radius 1 is 1.40 bits per heavy atom. The molecule has 0 heterocycles. The van der Waals surface area contributed by atoms with Crippen molar-refractivity contribution < 1.29 is 24.7 Å². The van der Waals surface area contributed by atoms with Crippen LogP contribution in [0, 0.1) is 10.1 Å². The second-order valence-corrected chi connectivity index (χ2v) is 3.96. The molecule has 0 unspecified atom stereocenters. The number of benzene rings is 1. The number of carbonyl (C=O) groups excluding carboxylic acids is 1. The van der Waals surface area contributed by atoms with Crippen molar-refractivity contribution in [3.63, 3.8) is 0 Å². The van der Waals surface area contributed by atoms with Crippen LogP contribution in [-0.2, 0) is 4.79 Å². The lowest BCUT2D eigenvalue weighted by Crippen LogP contribution is -2.49. The Hall–Kier alpha value is -2.68. The summed E-state index contributed by atoms with van der Waals surface area (Å²) in [6.45, 7) is 1.21. The maximum Gasteiger partial charge on any atom is 0.328 e. The second-order valence-electron chi connectivity index (χ2n) is 3.96. The van der Waals surface area contributed by atoms with Crippen LogP contribution < -0.4 is 10.6 Å². The monoisotopic (exact) mass is 283 g/mol. The Morgan fingerprint density at radius 3 is 2.55 bits per heavy atom. The molecule has 0 spiro atoms. The SMILES string of the molecule is C[C@@H](O)[C@H](NC(=O)Nc1cccc([N+](=O)[O-])c1)C(=O)O. The van der Waals surface area contributed by atoms with Gasteiger partial charge in [0.1, 0.15) is 0 Å². The fourth-order valence-electron chi connectivity index (χ4n) is 1.39. The van der Waals surface area contributed by atoms with E-state index in [1.54, 1.807) is 0 Å². The summed E-state index contributed by atoms with van der Waals surface area (Å²) in [6.07, 6.45) is -1.29. The first-order valence-corrected chi connectivity index (χ1v) is 5.54. The summed E-state index contributed by atoms with van der Waals surface area (Å²) >= 11 is 0. The molecule has 0 radical (unpaired) electrons. The van der Waals surface area contributed by atoms with Crippen molar-refractivity contribution in [1.29, 1.82) is 0 Å².